The molecule has 37 heavy (non-hydrogen) atoms. The first kappa shape index (κ1) is 26.0. The van der Waals surface area contributed by atoms with Crippen LogP contribution in [0.1, 0.15) is 52.1 Å². The molecule has 1 aromatic carbocycles. The van der Waals surface area contributed by atoms with Crippen LogP contribution in [0.4, 0.5) is 0 Å². The van der Waals surface area contributed by atoms with Crippen LogP contribution in [0.25, 0.3) is 0 Å². The predicted octanol–water partition coefficient (Wildman–Crippen LogP) is 3.50. The zero-order valence-corrected chi connectivity index (χ0v) is 22.7. The second-order valence-corrected chi connectivity index (χ2v) is 13.4. The van der Waals surface area contributed by atoms with Crippen molar-refractivity contribution >= 4 is 29.5 Å². The number of hydrogen-bond acceptors (Lipinski definition) is 6. The number of ether oxygens (including phenoxy) is 1. The molecular formula is C29H36N2O5S. The molecule has 0 radical (unpaired) electrons. The van der Waals surface area contributed by atoms with Gasteiger partial charge in [0.1, 0.15) is 6.04 Å². The fourth-order valence-corrected chi connectivity index (χ4v) is 8.68. The van der Waals surface area contributed by atoms with Crippen molar-refractivity contribution in [1.29, 1.82) is 0 Å². The zero-order valence-electron chi connectivity index (χ0n) is 21.9. The summed E-state index contributed by atoms with van der Waals surface area (Å²) in [6.07, 6.45) is 9.60. The number of thioether (sulfide) groups is 1. The summed E-state index contributed by atoms with van der Waals surface area (Å²) in [6, 6.07) is 7.73. The Morgan fingerprint density at radius 1 is 1.08 bits per heavy atom. The lowest BCUT2D eigenvalue weighted by Crippen LogP contribution is -2.58. The van der Waals surface area contributed by atoms with E-state index in [0.29, 0.717) is 13.2 Å². The molecule has 1 spiro atoms. The van der Waals surface area contributed by atoms with E-state index in [1.807, 2.05) is 76.3 Å². The minimum atomic E-state index is -0.974. The molecule has 1 aromatic rings. The fraction of sp³-hybridized carbons (Fsp3) is 0.552. The van der Waals surface area contributed by atoms with Gasteiger partial charge in [-0.2, -0.15) is 0 Å². The van der Waals surface area contributed by atoms with Crippen LogP contribution in [0.15, 0.2) is 54.6 Å². The Bertz CT molecular complexity index is 1140. The number of esters is 1. The molecule has 0 aromatic heterocycles. The largest absolute Gasteiger partial charge is 0.465 e. The van der Waals surface area contributed by atoms with Gasteiger partial charge in [0.05, 0.1) is 35.8 Å². The topological polar surface area (TPSA) is 87.2 Å². The van der Waals surface area contributed by atoms with Crippen LogP contribution in [0.2, 0.25) is 0 Å². The average molecular weight is 525 g/mol. The quantitative estimate of drug-likeness (QED) is 0.481. The maximum absolute atomic E-state index is 14.5. The molecule has 6 atom stereocenters. The van der Waals surface area contributed by atoms with Gasteiger partial charge in [-0.15, -0.1) is 11.8 Å². The molecule has 5 rings (SSSR count). The van der Waals surface area contributed by atoms with E-state index >= 15 is 0 Å². The number of carbonyl (C=O) groups is 3. The summed E-state index contributed by atoms with van der Waals surface area (Å²) in [5, 5.41) is 10.6. The number of nitrogens with zero attached hydrogens (tertiary/aromatic N) is 2. The van der Waals surface area contributed by atoms with E-state index < -0.39 is 44.9 Å². The van der Waals surface area contributed by atoms with Crippen molar-refractivity contribution in [2.24, 2.45) is 11.8 Å². The number of amides is 2. The summed E-state index contributed by atoms with van der Waals surface area (Å²) in [4.78, 5) is 45.9. The monoisotopic (exact) mass is 524 g/mol. The highest BCUT2D eigenvalue weighted by Crippen LogP contribution is 2.66. The Hall–Kier alpha value is -2.58. The molecule has 0 saturated carbocycles. The number of hydrogen-bond donors (Lipinski definition) is 1. The van der Waals surface area contributed by atoms with Gasteiger partial charge in [0.15, 0.2) is 0 Å². The van der Waals surface area contributed by atoms with Gasteiger partial charge >= 0.3 is 5.97 Å². The third-order valence-electron chi connectivity index (χ3n) is 8.19. The maximum Gasteiger partial charge on any atom is 0.311 e. The van der Waals surface area contributed by atoms with Gasteiger partial charge in [-0.3, -0.25) is 14.4 Å². The average Bonchev–Trinajstić information content (AvgIpc) is 3.19. The Kier molecular flexibility index (Phi) is 6.55. The highest BCUT2D eigenvalue weighted by atomic mass is 32.2. The second-order valence-electron chi connectivity index (χ2n) is 11.6. The number of benzene rings is 1. The number of carbonyl (C=O) groups excluding carboxylic acids is 3. The molecule has 0 aliphatic carbocycles. The van der Waals surface area contributed by atoms with Crippen LogP contribution in [-0.4, -0.2) is 73.5 Å². The van der Waals surface area contributed by atoms with Gasteiger partial charge < -0.3 is 19.6 Å². The number of cyclic esters (lactones) is 1. The number of fused-ring (bicyclic) bond motifs is 2. The molecule has 4 aliphatic heterocycles. The summed E-state index contributed by atoms with van der Waals surface area (Å²) in [5.41, 5.74) is 0.272. The van der Waals surface area contributed by atoms with Crippen molar-refractivity contribution in [2.45, 2.75) is 67.7 Å². The maximum atomic E-state index is 14.5. The molecule has 2 saturated heterocycles. The van der Waals surface area contributed by atoms with Crippen molar-refractivity contribution < 1.29 is 24.2 Å². The molecule has 1 unspecified atom stereocenters. The fourth-order valence-electron chi connectivity index (χ4n) is 6.54. The van der Waals surface area contributed by atoms with E-state index in [4.69, 9.17) is 4.74 Å². The van der Waals surface area contributed by atoms with Gasteiger partial charge in [-0.05, 0) is 46.1 Å². The Labute approximate surface area is 222 Å². The smallest absolute Gasteiger partial charge is 0.311 e. The first-order valence-electron chi connectivity index (χ1n) is 13.1. The van der Waals surface area contributed by atoms with Crippen molar-refractivity contribution in [1.82, 2.24) is 9.80 Å². The highest BCUT2D eigenvalue weighted by Gasteiger charge is 2.74. The van der Waals surface area contributed by atoms with Crippen LogP contribution in [0.5, 0.6) is 0 Å². The lowest BCUT2D eigenvalue weighted by Gasteiger charge is -2.42. The van der Waals surface area contributed by atoms with Gasteiger partial charge in [-0.1, -0.05) is 54.6 Å². The van der Waals surface area contributed by atoms with Crippen molar-refractivity contribution in [3.63, 3.8) is 0 Å². The minimum absolute atomic E-state index is 0.164. The highest BCUT2D eigenvalue weighted by molar-refractivity contribution is 8.02. The van der Waals surface area contributed by atoms with E-state index in [1.54, 1.807) is 9.80 Å². The molecule has 2 fully saturated rings. The molecule has 4 aliphatic rings. The van der Waals surface area contributed by atoms with Crippen molar-refractivity contribution in [2.75, 3.05) is 19.8 Å². The van der Waals surface area contributed by atoms with Gasteiger partial charge in [0.25, 0.3) is 0 Å². The lowest BCUT2D eigenvalue weighted by atomic mass is 9.74. The van der Waals surface area contributed by atoms with Crippen molar-refractivity contribution in [3.05, 3.63) is 60.2 Å². The number of aliphatic hydroxyl groups excluding tert-OH is 1. The molecule has 0 bridgehead atoms. The summed E-state index contributed by atoms with van der Waals surface area (Å²) in [5.74, 6) is -2.38. The Balaban J connectivity index is 1.72. The molecule has 198 valence electrons. The first-order valence-corrected chi connectivity index (χ1v) is 13.9. The van der Waals surface area contributed by atoms with E-state index in [0.717, 1.165) is 18.4 Å². The number of aliphatic hydroxyl groups is 1. The van der Waals surface area contributed by atoms with Crippen LogP contribution in [-0.2, 0) is 19.1 Å². The van der Waals surface area contributed by atoms with Crippen LogP contribution >= 0.6 is 11.8 Å². The Morgan fingerprint density at radius 3 is 2.49 bits per heavy atom. The lowest BCUT2D eigenvalue weighted by molar-refractivity contribution is -0.154. The van der Waals surface area contributed by atoms with Crippen molar-refractivity contribution in [3.8, 4) is 0 Å². The number of allylic oxidation sites excluding steroid dienone is 1. The molecule has 2 amide bonds. The second kappa shape index (κ2) is 9.31. The molecule has 4 heterocycles. The van der Waals surface area contributed by atoms with E-state index in [9.17, 15) is 19.5 Å². The molecule has 1 N–H and O–H groups in total. The number of likely N-dealkylation sites (tertiary alicyclic amines) is 1. The normalized spacial score (nSPS) is 35.5. The van der Waals surface area contributed by atoms with Crippen LogP contribution in [0.3, 0.4) is 0 Å². The zero-order chi connectivity index (χ0) is 26.6. The molecule has 7 nitrogen and oxygen atoms in total. The summed E-state index contributed by atoms with van der Waals surface area (Å²) >= 11 is 1.53. The summed E-state index contributed by atoms with van der Waals surface area (Å²) in [6.45, 7) is 8.31. The first-order chi connectivity index (χ1) is 17.5. The van der Waals surface area contributed by atoms with E-state index in [1.165, 1.54) is 11.8 Å². The van der Waals surface area contributed by atoms with E-state index in [-0.39, 0.29) is 18.4 Å². The third-order valence-corrected chi connectivity index (χ3v) is 9.99. The van der Waals surface area contributed by atoms with Gasteiger partial charge in [0.2, 0.25) is 11.8 Å². The van der Waals surface area contributed by atoms with Gasteiger partial charge in [0, 0.05) is 16.8 Å². The van der Waals surface area contributed by atoms with E-state index in [2.05, 4.69) is 6.08 Å². The standard InChI is InChI=1S/C29H36N2O5S/c1-27(2,3)30-16-11-15-29-21(22-26(35)36-17-10-6-9-14-28(22,4)37-29)24(33)31(23(29)25(30)34)20(18-32)19-12-7-5-8-13-19/h5,7-9,11-15,20-23,32H,6,10,16-18H2,1-4H3/b14-9-/t20-,21+,22-,23?,28+,29+/m1/s1. The summed E-state index contributed by atoms with van der Waals surface area (Å²) in [7, 11) is 0. The third kappa shape index (κ3) is 4.04. The summed E-state index contributed by atoms with van der Waals surface area (Å²) < 4.78 is 4.00. The van der Waals surface area contributed by atoms with Crippen LogP contribution < -0.4 is 0 Å². The minimum Gasteiger partial charge on any atom is -0.465 e. The van der Waals surface area contributed by atoms with Gasteiger partial charge in [-0.25, -0.2) is 0 Å². The SMILES string of the molecule is CC(C)(C)N1CC=C[C@]23S[C@@]4(C)/C=C\CCCOC(=O)[C@H]4[C@H]2C(=O)N([C@H](CO)c2ccccc2)C3C1=O. The predicted molar refractivity (Wildman–Crippen MR) is 143 cm³/mol. The van der Waals surface area contributed by atoms with Crippen LogP contribution in [0, 0.1) is 11.8 Å². The number of rotatable bonds is 3. The Morgan fingerprint density at radius 2 is 1.81 bits per heavy atom. The molecule has 8 heteroatoms. The molecular weight excluding hydrogens is 488 g/mol.